The van der Waals surface area contributed by atoms with E-state index in [1.54, 1.807) is 19.2 Å². The average molecular weight is 451 g/mol. The van der Waals surface area contributed by atoms with Crippen molar-refractivity contribution in [3.8, 4) is 0 Å². The van der Waals surface area contributed by atoms with E-state index in [4.69, 9.17) is 9.47 Å². The van der Waals surface area contributed by atoms with Crippen molar-refractivity contribution in [1.29, 1.82) is 0 Å². The first-order valence-corrected chi connectivity index (χ1v) is 10.7. The fourth-order valence-corrected chi connectivity index (χ4v) is 5.39. The molecule has 1 aliphatic carbocycles. The third-order valence-electron chi connectivity index (χ3n) is 5.35. The van der Waals surface area contributed by atoms with E-state index < -0.39 is 5.60 Å². The molecule has 2 aromatic rings. The van der Waals surface area contributed by atoms with E-state index in [0.29, 0.717) is 32.5 Å². The van der Waals surface area contributed by atoms with Crippen molar-refractivity contribution in [3.63, 3.8) is 0 Å². The summed E-state index contributed by atoms with van der Waals surface area (Å²) in [7, 11) is 1.68. The second-order valence-electron chi connectivity index (χ2n) is 6.94. The molecule has 0 saturated carbocycles. The number of alkyl halides is 1. The molecule has 1 atom stereocenters. The van der Waals surface area contributed by atoms with Crippen LogP contribution in [-0.4, -0.2) is 30.9 Å². The van der Waals surface area contributed by atoms with Gasteiger partial charge < -0.3 is 9.47 Å². The highest BCUT2D eigenvalue weighted by Gasteiger charge is 2.35. The van der Waals surface area contributed by atoms with Crippen molar-refractivity contribution < 1.29 is 18.7 Å². The highest BCUT2D eigenvalue weighted by atomic mass is 79.9. The SMILES string of the molecule is COC1(c2cc(F)cc(Sc3ccc4c(c3)CC(Br)C4=O)c2)CCOCC1. The monoisotopic (exact) mass is 450 g/mol. The molecular weight excluding hydrogens is 431 g/mol. The smallest absolute Gasteiger partial charge is 0.177 e. The summed E-state index contributed by atoms with van der Waals surface area (Å²) in [6, 6.07) is 10.9. The normalized spacial score (nSPS) is 21.3. The van der Waals surface area contributed by atoms with Gasteiger partial charge in [0.1, 0.15) is 5.82 Å². The van der Waals surface area contributed by atoms with Crippen LogP contribution in [-0.2, 0) is 21.5 Å². The van der Waals surface area contributed by atoms with E-state index in [2.05, 4.69) is 15.9 Å². The second kappa shape index (κ2) is 7.66. The fraction of sp³-hybridized carbons (Fsp3) is 0.381. The summed E-state index contributed by atoms with van der Waals surface area (Å²) < 4.78 is 25.6. The first-order chi connectivity index (χ1) is 13.0. The first kappa shape index (κ1) is 19.1. The lowest BCUT2D eigenvalue weighted by Gasteiger charge is -2.36. The zero-order valence-corrected chi connectivity index (χ0v) is 17.4. The quantitative estimate of drug-likeness (QED) is 0.604. The molecule has 6 heteroatoms. The maximum absolute atomic E-state index is 14.4. The van der Waals surface area contributed by atoms with Gasteiger partial charge in [0.25, 0.3) is 0 Å². The molecular formula is C21H20BrFO3S. The van der Waals surface area contributed by atoms with Gasteiger partial charge >= 0.3 is 0 Å². The summed E-state index contributed by atoms with van der Waals surface area (Å²) in [5.74, 6) is -0.133. The Morgan fingerprint density at radius 1 is 1.19 bits per heavy atom. The summed E-state index contributed by atoms with van der Waals surface area (Å²) in [6.07, 6.45) is 2.12. The van der Waals surface area contributed by atoms with Crippen molar-refractivity contribution in [2.24, 2.45) is 0 Å². The summed E-state index contributed by atoms with van der Waals surface area (Å²) in [5.41, 5.74) is 2.18. The highest BCUT2D eigenvalue weighted by molar-refractivity contribution is 9.10. The number of ether oxygens (including phenoxy) is 2. The molecule has 1 saturated heterocycles. The lowest BCUT2D eigenvalue weighted by molar-refractivity contribution is -0.0950. The van der Waals surface area contributed by atoms with E-state index >= 15 is 0 Å². The maximum Gasteiger partial charge on any atom is 0.177 e. The van der Waals surface area contributed by atoms with Crippen LogP contribution in [0.4, 0.5) is 4.39 Å². The molecule has 0 bridgehead atoms. The van der Waals surface area contributed by atoms with E-state index in [0.717, 1.165) is 26.5 Å². The van der Waals surface area contributed by atoms with Gasteiger partial charge in [-0.15, -0.1) is 0 Å². The molecule has 1 heterocycles. The average Bonchev–Trinajstić information content (AvgIpc) is 2.95. The molecule has 0 aromatic heterocycles. The number of benzene rings is 2. The molecule has 1 fully saturated rings. The van der Waals surface area contributed by atoms with Crippen molar-refractivity contribution in [2.75, 3.05) is 20.3 Å². The van der Waals surface area contributed by atoms with Crippen LogP contribution in [0.5, 0.6) is 0 Å². The number of ketones is 1. The zero-order chi connectivity index (χ0) is 19.0. The van der Waals surface area contributed by atoms with Gasteiger partial charge in [0, 0.05) is 48.5 Å². The van der Waals surface area contributed by atoms with Crippen LogP contribution in [0.3, 0.4) is 0 Å². The van der Waals surface area contributed by atoms with Gasteiger partial charge in [-0.05, 0) is 53.9 Å². The third-order valence-corrected chi connectivity index (χ3v) is 7.05. The molecule has 4 rings (SSSR count). The van der Waals surface area contributed by atoms with Gasteiger partial charge in [0.15, 0.2) is 5.78 Å². The Balaban J connectivity index is 1.63. The van der Waals surface area contributed by atoms with Crippen LogP contribution in [0.2, 0.25) is 0 Å². The van der Waals surface area contributed by atoms with Gasteiger partial charge in [0.05, 0.1) is 10.4 Å². The van der Waals surface area contributed by atoms with Gasteiger partial charge in [0.2, 0.25) is 0 Å². The van der Waals surface area contributed by atoms with Crippen LogP contribution >= 0.6 is 27.7 Å². The van der Waals surface area contributed by atoms with Crippen LogP contribution < -0.4 is 0 Å². The van der Waals surface area contributed by atoms with Crippen LogP contribution in [0.25, 0.3) is 0 Å². The number of Topliss-reactive ketones (excluding diaryl/α,β-unsaturated/α-hetero) is 1. The van der Waals surface area contributed by atoms with Crippen LogP contribution in [0.15, 0.2) is 46.2 Å². The number of halogens is 2. The molecule has 1 unspecified atom stereocenters. The largest absolute Gasteiger partial charge is 0.381 e. The predicted molar refractivity (Wildman–Crippen MR) is 106 cm³/mol. The van der Waals surface area contributed by atoms with E-state index in [1.807, 2.05) is 24.3 Å². The predicted octanol–water partition coefficient (Wildman–Crippen LogP) is 5.13. The van der Waals surface area contributed by atoms with Gasteiger partial charge in [-0.25, -0.2) is 4.39 Å². The van der Waals surface area contributed by atoms with E-state index in [1.165, 1.54) is 11.8 Å². The lowest BCUT2D eigenvalue weighted by atomic mass is 9.86. The molecule has 0 N–H and O–H groups in total. The fourth-order valence-electron chi connectivity index (χ4n) is 3.83. The van der Waals surface area contributed by atoms with Crippen molar-refractivity contribution in [3.05, 3.63) is 58.9 Å². The number of carbonyl (C=O) groups excluding carboxylic acids is 1. The molecule has 2 aromatic carbocycles. The number of methoxy groups -OCH3 is 1. The molecule has 142 valence electrons. The highest BCUT2D eigenvalue weighted by Crippen LogP contribution is 2.39. The molecule has 0 spiro atoms. The van der Waals surface area contributed by atoms with E-state index in [-0.39, 0.29) is 16.4 Å². The van der Waals surface area contributed by atoms with Crippen molar-refractivity contribution >= 4 is 33.5 Å². The van der Waals surface area contributed by atoms with Gasteiger partial charge in [-0.3, -0.25) is 4.79 Å². The van der Waals surface area contributed by atoms with Gasteiger partial charge in [-0.1, -0.05) is 27.7 Å². The Morgan fingerprint density at radius 2 is 1.96 bits per heavy atom. The number of fused-ring (bicyclic) bond motifs is 1. The number of hydrogen-bond donors (Lipinski definition) is 0. The van der Waals surface area contributed by atoms with Crippen LogP contribution in [0.1, 0.15) is 34.3 Å². The maximum atomic E-state index is 14.4. The first-order valence-electron chi connectivity index (χ1n) is 8.94. The topological polar surface area (TPSA) is 35.5 Å². The Kier molecular flexibility index (Phi) is 5.43. The molecule has 2 aliphatic rings. The Labute approximate surface area is 170 Å². The summed E-state index contributed by atoms with van der Waals surface area (Å²) >= 11 is 4.93. The Bertz CT molecular complexity index is 880. The molecule has 0 radical (unpaired) electrons. The van der Waals surface area contributed by atoms with Crippen LogP contribution in [0, 0.1) is 5.82 Å². The number of carbonyl (C=O) groups is 1. The van der Waals surface area contributed by atoms with Gasteiger partial charge in [-0.2, -0.15) is 0 Å². The third kappa shape index (κ3) is 3.73. The molecule has 27 heavy (non-hydrogen) atoms. The number of rotatable bonds is 4. The summed E-state index contributed by atoms with van der Waals surface area (Å²) in [6.45, 7) is 1.22. The standard InChI is InChI=1S/C21H20BrFO3S/c1-25-21(4-6-26-7-5-21)14-10-15(23)12-17(11-14)27-16-2-3-18-13(8-16)9-19(22)20(18)24/h2-3,8,10-12,19H,4-7,9H2,1H3. The Morgan fingerprint density at radius 3 is 2.70 bits per heavy atom. The summed E-state index contributed by atoms with van der Waals surface area (Å²) in [4.78, 5) is 13.8. The minimum absolute atomic E-state index is 0.135. The second-order valence-corrected chi connectivity index (χ2v) is 9.20. The molecule has 0 amide bonds. The minimum Gasteiger partial charge on any atom is -0.381 e. The summed E-state index contributed by atoms with van der Waals surface area (Å²) in [5, 5.41) is 0. The Hall–Kier alpha value is -1.21. The number of hydrogen-bond acceptors (Lipinski definition) is 4. The molecule has 1 aliphatic heterocycles. The minimum atomic E-state index is -0.497. The zero-order valence-electron chi connectivity index (χ0n) is 15.0. The van der Waals surface area contributed by atoms with E-state index in [9.17, 15) is 9.18 Å². The van der Waals surface area contributed by atoms with Crippen molar-refractivity contribution in [1.82, 2.24) is 0 Å². The van der Waals surface area contributed by atoms with Crippen molar-refractivity contribution in [2.45, 2.75) is 39.5 Å². The molecule has 3 nitrogen and oxygen atoms in total. The lowest BCUT2D eigenvalue weighted by Crippen LogP contribution is -2.35.